The summed E-state index contributed by atoms with van der Waals surface area (Å²) in [5.74, 6) is 0.884. The number of methoxy groups -OCH3 is 1. The monoisotopic (exact) mass is 299 g/mol. The number of ether oxygens (including phenoxy) is 1. The SMILES string of the molecule is COc1ccc(C2=C/C(=C/c3ccccn3)SS2)cc1. The van der Waals surface area contributed by atoms with Gasteiger partial charge in [-0.05, 0) is 42.0 Å². The van der Waals surface area contributed by atoms with Gasteiger partial charge in [-0.1, -0.05) is 39.8 Å². The van der Waals surface area contributed by atoms with Gasteiger partial charge in [0, 0.05) is 16.0 Å². The minimum atomic E-state index is 0.884. The van der Waals surface area contributed by atoms with Crippen molar-refractivity contribution in [2.24, 2.45) is 0 Å². The first-order valence-electron chi connectivity index (χ1n) is 6.18. The summed E-state index contributed by atoms with van der Waals surface area (Å²) in [4.78, 5) is 6.80. The first kappa shape index (κ1) is 13.3. The Morgan fingerprint density at radius 1 is 1.05 bits per heavy atom. The van der Waals surface area contributed by atoms with E-state index in [-0.39, 0.29) is 0 Å². The van der Waals surface area contributed by atoms with Crippen LogP contribution in [-0.4, -0.2) is 12.1 Å². The van der Waals surface area contributed by atoms with E-state index in [1.54, 1.807) is 28.7 Å². The van der Waals surface area contributed by atoms with E-state index < -0.39 is 0 Å². The van der Waals surface area contributed by atoms with Gasteiger partial charge in [-0.15, -0.1) is 0 Å². The highest BCUT2D eigenvalue weighted by Crippen LogP contribution is 2.49. The summed E-state index contributed by atoms with van der Waals surface area (Å²) < 4.78 is 5.18. The van der Waals surface area contributed by atoms with Gasteiger partial charge in [-0.25, -0.2) is 0 Å². The Morgan fingerprint density at radius 2 is 1.90 bits per heavy atom. The van der Waals surface area contributed by atoms with Crippen LogP contribution in [0.4, 0.5) is 0 Å². The Balaban J connectivity index is 1.82. The zero-order valence-corrected chi connectivity index (χ0v) is 12.6. The summed E-state index contributed by atoms with van der Waals surface area (Å²) in [7, 11) is 5.22. The molecule has 0 radical (unpaired) electrons. The highest BCUT2D eigenvalue weighted by Gasteiger charge is 2.13. The second-order valence-electron chi connectivity index (χ2n) is 4.21. The highest BCUT2D eigenvalue weighted by atomic mass is 33.1. The van der Waals surface area contributed by atoms with Gasteiger partial charge in [-0.2, -0.15) is 0 Å². The molecule has 1 aliphatic rings. The molecule has 3 rings (SSSR count). The smallest absolute Gasteiger partial charge is 0.118 e. The van der Waals surface area contributed by atoms with Crippen molar-refractivity contribution < 1.29 is 4.74 Å². The number of nitrogens with zero attached hydrogens (tertiary/aromatic N) is 1. The molecule has 1 aliphatic heterocycles. The van der Waals surface area contributed by atoms with Crippen molar-refractivity contribution in [2.45, 2.75) is 0 Å². The molecule has 1 aromatic heterocycles. The molecular formula is C16H13NOS2. The summed E-state index contributed by atoms with van der Waals surface area (Å²) in [6.45, 7) is 0. The van der Waals surface area contributed by atoms with Gasteiger partial charge >= 0.3 is 0 Å². The van der Waals surface area contributed by atoms with Gasteiger partial charge < -0.3 is 4.74 Å². The van der Waals surface area contributed by atoms with Crippen molar-refractivity contribution in [3.05, 3.63) is 70.9 Å². The average Bonchev–Trinajstić information content (AvgIpc) is 2.97. The number of pyridine rings is 1. The Hall–Kier alpha value is -1.65. The second-order valence-corrected chi connectivity index (χ2v) is 6.45. The molecule has 2 nitrogen and oxygen atoms in total. The number of allylic oxidation sites excluding steroid dienone is 1. The molecule has 0 spiro atoms. The molecule has 0 amide bonds. The molecule has 0 unspecified atom stereocenters. The first-order chi connectivity index (χ1) is 9.85. The quantitative estimate of drug-likeness (QED) is 0.754. The standard InChI is InChI=1S/C16H13NOS2/c1-18-14-7-5-12(6-8-14)16-11-15(19-20-16)10-13-4-2-3-9-17-13/h2-11H,1H3/b15-10-. The minimum absolute atomic E-state index is 0.884. The van der Waals surface area contributed by atoms with E-state index in [2.05, 4.69) is 29.3 Å². The molecule has 0 atom stereocenters. The predicted octanol–water partition coefficient (Wildman–Crippen LogP) is 4.87. The van der Waals surface area contributed by atoms with Crippen LogP contribution in [0.25, 0.3) is 11.0 Å². The molecular weight excluding hydrogens is 286 g/mol. The van der Waals surface area contributed by atoms with Crippen LogP contribution in [0.3, 0.4) is 0 Å². The third-order valence-electron chi connectivity index (χ3n) is 2.85. The summed E-state index contributed by atoms with van der Waals surface area (Å²) >= 11 is 0. The molecule has 100 valence electrons. The fourth-order valence-corrected chi connectivity index (χ4v) is 4.11. The van der Waals surface area contributed by atoms with Crippen molar-refractivity contribution in [2.75, 3.05) is 7.11 Å². The largest absolute Gasteiger partial charge is 0.497 e. The maximum Gasteiger partial charge on any atom is 0.118 e. The topological polar surface area (TPSA) is 22.1 Å². The Morgan fingerprint density at radius 3 is 2.60 bits per heavy atom. The van der Waals surface area contributed by atoms with Crippen LogP contribution in [0, 0.1) is 0 Å². The third kappa shape index (κ3) is 3.08. The molecule has 1 aromatic carbocycles. The zero-order chi connectivity index (χ0) is 13.8. The van der Waals surface area contributed by atoms with Gasteiger partial charge in [0.2, 0.25) is 0 Å². The fourth-order valence-electron chi connectivity index (χ4n) is 1.83. The molecule has 2 aromatic rings. The van der Waals surface area contributed by atoms with Gasteiger partial charge in [0.05, 0.1) is 12.8 Å². The molecule has 0 bridgehead atoms. The van der Waals surface area contributed by atoms with Crippen molar-refractivity contribution in [1.29, 1.82) is 0 Å². The molecule has 20 heavy (non-hydrogen) atoms. The summed E-state index contributed by atoms with van der Waals surface area (Å²) in [6, 6.07) is 14.1. The lowest BCUT2D eigenvalue weighted by Gasteiger charge is -2.02. The molecule has 2 heterocycles. The molecule has 0 N–H and O–H groups in total. The average molecular weight is 299 g/mol. The van der Waals surface area contributed by atoms with Crippen LogP contribution in [0.5, 0.6) is 5.75 Å². The first-order valence-corrected chi connectivity index (χ1v) is 8.33. The van der Waals surface area contributed by atoms with Crippen LogP contribution < -0.4 is 4.74 Å². The van der Waals surface area contributed by atoms with Crippen molar-refractivity contribution in [3.8, 4) is 5.75 Å². The molecule has 0 saturated heterocycles. The third-order valence-corrected chi connectivity index (χ3v) is 5.26. The van der Waals surface area contributed by atoms with E-state index in [0.29, 0.717) is 0 Å². The molecule has 0 aliphatic carbocycles. The van der Waals surface area contributed by atoms with Crippen LogP contribution in [0.15, 0.2) is 59.6 Å². The van der Waals surface area contributed by atoms with E-state index >= 15 is 0 Å². The summed E-state index contributed by atoms with van der Waals surface area (Å²) in [5.41, 5.74) is 2.20. The van der Waals surface area contributed by atoms with Crippen LogP contribution in [0.2, 0.25) is 0 Å². The van der Waals surface area contributed by atoms with E-state index in [4.69, 9.17) is 4.74 Å². The Labute approximate surface area is 126 Å². The number of hydrogen-bond acceptors (Lipinski definition) is 4. The van der Waals surface area contributed by atoms with Gasteiger partial charge in [-0.3, -0.25) is 4.98 Å². The van der Waals surface area contributed by atoms with Crippen molar-refractivity contribution in [3.63, 3.8) is 0 Å². The van der Waals surface area contributed by atoms with Crippen molar-refractivity contribution >= 4 is 32.6 Å². The molecule has 0 saturated carbocycles. The number of aromatic nitrogens is 1. The number of rotatable bonds is 3. The van der Waals surface area contributed by atoms with Crippen LogP contribution in [-0.2, 0) is 0 Å². The second kappa shape index (κ2) is 6.20. The van der Waals surface area contributed by atoms with E-state index in [1.165, 1.54) is 15.4 Å². The number of hydrogen-bond donors (Lipinski definition) is 0. The van der Waals surface area contributed by atoms with Crippen LogP contribution in [0.1, 0.15) is 11.3 Å². The maximum atomic E-state index is 5.18. The molecule has 0 fully saturated rings. The van der Waals surface area contributed by atoms with Gasteiger partial charge in [0.25, 0.3) is 0 Å². The lowest BCUT2D eigenvalue weighted by molar-refractivity contribution is 0.415. The van der Waals surface area contributed by atoms with E-state index in [1.807, 2.05) is 36.5 Å². The lowest BCUT2D eigenvalue weighted by Crippen LogP contribution is -1.82. The number of benzene rings is 1. The van der Waals surface area contributed by atoms with Gasteiger partial charge in [0.1, 0.15) is 5.75 Å². The van der Waals surface area contributed by atoms with E-state index in [0.717, 1.165) is 11.4 Å². The minimum Gasteiger partial charge on any atom is -0.497 e. The fraction of sp³-hybridized carbons (Fsp3) is 0.0625. The zero-order valence-electron chi connectivity index (χ0n) is 10.9. The van der Waals surface area contributed by atoms with Crippen LogP contribution >= 0.6 is 21.6 Å². The van der Waals surface area contributed by atoms with Crippen molar-refractivity contribution in [1.82, 2.24) is 4.98 Å². The lowest BCUT2D eigenvalue weighted by atomic mass is 10.2. The summed E-state index contributed by atoms with van der Waals surface area (Å²) in [6.07, 6.45) is 6.12. The summed E-state index contributed by atoms with van der Waals surface area (Å²) in [5, 5.41) is 0. The predicted molar refractivity (Wildman–Crippen MR) is 88.4 cm³/mol. The van der Waals surface area contributed by atoms with E-state index in [9.17, 15) is 0 Å². The Bertz CT molecular complexity index is 648. The highest BCUT2D eigenvalue weighted by molar-refractivity contribution is 8.82. The molecule has 4 heteroatoms. The maximum absolute atomic E-state index is 5.18. The Kier molecular flexibility index (Phi) is 4.14. The normalized spacial score (nSPS) is 16.2. The van der Waals surface area contributed by atoms with Gasteiger partial charge in [0.15, 0.2) is 0 Å².